The van der Waals surface area contributed by atoms with Gasteiger partial charge in [0.2, 0.25) is 0 Å². The molecule has 3 rings (SSSR count). The third-order valence-corrected chi connectivity index (χ3v) is 5.30. The van der Waals surface area contributed by atoms with E-state index in [2.05, 4.69) is 42.7 Å². The zero-order valence-electron chi connectivity index (χ0n) is 15.9. The molecule has 26 heavy (non-hydrogen) atoms. The van der Waals surface area contributed by atoms with Crippen LogP contribution in [-0.2, 0) is 25.7 Å². The number of rotatable bonds is 7. The minimum atomic E-state index is -0.497. The smallest absolute Gasteiger partial charge is 0.0915 e. The van der Waals surface area contributed by atoms with Gasteiger partial charge in [0.25, 0.3) is 0 Å². The second-order valence-corrected chi connectivity index (χ2v) is 6.91. The highest BCUT2D eigenvalue weighted by molar-refractivity contribution is 5.85. The Morgan fingerprint density at radius 1 is 1.12 bits per heavy atom. The Kier molecular flexibility index (Phi) is 7.51. The number of fused-ring (bicyclic) bond motifs is 1. The quantitative estimate of drug-likeness (QED) is 0.690. The van der Waals surface area contributed by atoms with Crippen LogP contribution in [0.3, 0.4) is 0 Å². The molecule has 0 saturated heterocycles. The molecule has 0 aliphatic heterocycles. The van der Waals surface area contributed by atoms with Gasteiger partial charge in [-0.05, 0) is 59.6 Å². The van der Waals surface area contributed by atoms with Gasteiger partial charge in [-0.3, -0.25) is 0 Å². The van der Waals surface area contributed by atoms with Crippen molar-refractivity contribution in [3.05, 3.63) is 64.2 Å². The second-order valence-electron chi connectivity index (χ2n) is 6.91. The third kappa shape index (κ3) is 4.59. The van der Waals surface area contributed by atoms with E-state index in [1.54, 1.807) is 0 Å². The van der Waals surface area contributed by atoms with E-state index >= 15 is 0 Å². The van der Waals surface area contributed by atoms with E-state index in [0.29, 0.717) is 12.6 Å². The fraction of sp³-hybridized carbons (Fsp3) is 0.455. The number of nitrogens with one attached hydrogen (secondary N) is 2. The number of aryl methyl sites for hydroxylation is 2. The monoisotopic (exact) mass is 373 g/mol. The first-order chi connectivity index (χ1) is 12.1. The zero-order chi connectivity index (χ0) is 17.8. The first-order valence-corrected chi connectivity index (χ1v) is 9.39. The van der Waals surface area contributed by atoms with Gasteiger partial charge in [0.1, 0.15) is 0 Å². The highest BCUT2D eigenvalue weighted by Gasteiger charge is 2.23. The Morgan fingerprint density at radius 2 is 1.73 bits per heavy atom. The van der Waals surface area contributed by atoms with Gasteiger partial charge in [0, 0.05) is 31.4 Å². The summed E-state index contributed by atoms with van der Waals surface area (Å²) in [5, 5.41) is 17.1. The van der Waals surface area contributed by atoms with E-state index in [1.807, 2.05) is 25.2 Å². The minimum Gasteiger partial charge on any atom is -0.388 e. The van der Waals surface area contributed by atoms with Gasteiger partial charge < -0.3 is 15.7 Å². The molecule has 3 N–H and O–H groups in total. The van der Waals surface area contributed by atoms with E-state index < -0.39 is 6.10 Å². The maximum atomic E-state index is 10.5. The summed E-state index contributed by atoms with van der Waals surface area (Å²) < 4.78 is 0. The van der Waals surface area contributed by atoms with Crippen LogP contribution in [0, 0.1) is 6.07 Å². The summed E-state index contributed by atoms with van der Waals surface area (Å²) in [6.45, 7) is 5.05. The van der Waals surface area contributed by atoms with E-state index in [9.17, 15) is 5.11 Å². The fourth-order valence-corrected chi connectivity index (χ4v) is 3.81. The second kappa shape index (κ2) is 9.40. The maximum Gasteiger partial charge on any atom is 0.0915 e. The fourth-order valence-electron chi connectivity index (χ4n) is 3.81. The number of hydrogen-bond donors (Lipinski definition) is 3. The normalized spacial score (nSPS) is 14.6. The Morgan fingerprint density at radius 3 is 2.27 bits per heavy atom. The number of halogens is 1. The summed E-state index contributed by atoms with van der Waals surface area (Å²) in [6, 6.07) is 14.1. The topological polar surface area (TPSA) is 44.3 Å². The van der Waals surface area contributed by atoms with Crippen molar-refractivity contribution in [2.75, 3.05) is 18.9 Å². The molecule has 0 unspecified atom stereocenters. The lowest BCUT2D eigenvalue weighted by atomic mass is 9.97. The lowest BCUT2D eigenvalue weighted by molar-refractivity contribution is 0.170. The van der Waals surface area contributed by atoms with Crippen LogP contribution in [0.15, 0.2) is 30.3 Å². The molecule has 2 aromatic rings. The van der Waals surface area contributed by atoms with Gasteiger partial charge in [-0.1, -0.05) is 38.1 Å². The van der Waals surface area contributed by atoms with Crippen molar-refractivity contribution >= 4 is 18.1 Å². The van der Waals surface area contributed by atoms with Crippen molar-refractivity contribution in [2.45, 2.75) is 51.7 Å². The van der Waals surface area contributed by atoms with Crippen molar-refractivity contribution in [2.24, 2.45) is 0 Å². The molecule has 0 fully saturated rings. The van der Waals surface area contributed by atoms with Crippen LogP contribution in [0.4, 0.5) is 5.69 Å². The van der Waals surface area contributed by atoms with Crippen LogP contribution in [0.25, 0.3) is 0 Å². The Bertz CT molecular complexity index is 699. The van der Waals surface area contributed by atoms with Crippen LogP contribution in [0.1, 0.15) is 47.8 Å². The Labute approximate surface area is 163 Å². The van der Waals surface area contributed by atoms with Crippen molar-refractivity contribution in [3.63, 3.8) is 0 Å². The molecule has 0 spiro atoms. The van der Waals surface area contributed by atoms with Crippen molar-refractivity contribution in [1.29, 1.82) is 0 Å². The molecule has 1 aliphatic carbocycles. The molecular weight excluding hydrogens is 344 g/mol. The third-order valence-electron chi connectivity index (χ3n) is 5.30. The lowest BCUT2D eigenvalue weighted by Crippen LogP contribution is -2.33. The molecule has 0 bridgehead atoms. The van der Waals surface area contributed by atoms with Crippen molar-refractivity contribution < 1.29 is 5.11 Å². The van der Waals surface area contributed by atoms with Crippen LogP contribution >= 0.6 is 12.4 Å². The maximum absolute atomic E-state index is 10.5. The first kappa shape index (κ1) is 20.8. The molecule has 141 valence electrons. The van der Waals surface area contributed by atoms with E-state index in [1.165, 1.54) is 22.3 Å². The number of aliphatic hydroxyl groups excluding tert-OH is 1. The van der Waals surface area contributed by atoms with Crippen molar-refractivity contribution in [3.8, 4) is 0 Å². The highest BCUT2D eigenvalue weighted by Crippen LogP contribution is 2.27. The summed E-state index contributed by atoms with van der Waals surface area (Å²) in [4.78, 5) is 0. The van der Waals surface area contributed by atoms with Gasteiger partial charge in [-0.2, -0.15) is 0 Å². The molecule has 3 nitrogen and oxygen atoms in total. The summed E-state index contributed by atoms with van der Waals surface area (Å²) >= 11 is 0. The number of anilines is 1. The summed E-state index contributed by atoms with van der Waals surface area (Å²) in [6.07, 6.45) is 3.83. The Balaban J connectivity index is 0.00000243. The molecular formula is C22H30ClN2O. The summed E-state index contributed by atoms with van der Waals surface area (Å²) in [5.41, 5.74) is 7.77. The molecule has 1 atom stereocenters. The zero-order valence-corrected chi connectivity index (χ0v) is 16.7. The SMILES string of the molecule is CCc1cc2c(cc1CC)CC(NC[C@H](O)c1cc[c]c(NC)c1)C2.Cl. The number of aliphatic hydroxyl groups is 1. The molecule has 0 heterocycles. The van der Waals surface area contributed by atoms with Crippen molar-refractivity contribution in [1.82, 2.24) is 5.32 Å². The summed E-state index contributed by atoms with van der Waals surface area (Å²) in [7, 11) is 1.87. The van der Waals surface area contributed by atoms with Crippen LogP contribution in [-0.4, -0.2) is 24.7 Å². The highest BCUT2D eigenvalue weighted by atomic mass is 35.5. The van der Waals surface area contributed by atoms with Crippen LogP contribution in [0.5, 0.6) is 0 Å². The Hall–Kier alpha value is -1.55. The van der Waals surface area contributed by atoms with Gasteiger partial charge in [0.05, 0.1) is 6.10 Å². The number of hydrogen-bond acceptors (Lipinski definition) is 3. The van der Waals surface area contributed by atoms with Gasteiger partial charge in [-0.15, -0.1) is 12.4 Å². The molecule has 0 aromatic heterocycles. The van der Waals surface area contributed by atoms with Gasteiger partial charge in [-0.25, -0.2) is 0 Å². The van der Waals surface area contributed by atoms with E-state index in [0.717, 1.165) is 36.9 Å². The predicted molar refractivity (Wildman–Crippen MR) is 111 cm³/mol. The van der Waals surface area contributed by atoms with E-state index in [4.69, 9.17) is 0 Å². The number of benzene rings is 2. The predicted octanol–water partition coefficient (Wildman–Crippen LogP) is 3.87. The first-order valence-electron chi connectivity index (χ1n) is 9.39. The molecule has 2 aromatic carbocycles. The average molecular weight is 374 g/mol. The molecule has 0 saturated carbocycles. The standard InChI is InChI=1S/C22H29N2O.ClH/c1-4-15-9-18-12-21(13-19(18)10-16(15)5-2)24-14-22(25)17-7-6-8-20(11-17)23-3;/h6-7,9-11,21-25H,4-5,12-14H2,1-3H3;1H/t22-;/m0./s1. The molecule has 4 heteroatoms. The van der Waals surface area contributed by atoms with Crippen LogP contribution < -0.4 is 10.6 Å². The summed E-state index contributed by atoms with van der Waals surface area (Å²) in [5.74, 6) is 0. The van der Waals surface area contributed by atoms with Gasteiger partial charge in [0.15, 0.2) is 0 Å². The minimum absolute atomic E-state index is 0. The average Bonchev–Trinajstić information content (AvgIpc) is 3.06. The largest absolute Gasteiger partial charge is 0.388 e. The molecule has 0 amide bonds. The van der Waals surface area contributed by atoms with E-state index in [-0.39, 0.29) is 12.4 Å². The lowest BCUT2D eigenvalue weighted by Gasteiger charge is -2.17. The van der Waals surface area contributed by atoms with Crippen LogP contribution in [0.2, 0.25) is 0 Å². The molecule has 1 radical (unpaired) electrons. The molecule has 1 aliphatic rings. The van der Waals surface area contributed by atoms with Gasteiger partial charge >= 0.3 is 0 Å².